The summed E-state index contributed by atoms with van der Waals surface area (Å²) in [7, 11) is 1.47. The number of nitrogens with one attached hydrogen (secondary N) is 1. The highest BCUT2D eigenvalue weighted by Crippen LogP contribution is 2.26. The summed E-state index contributed by atoms with van der Waals surface area (Å²) in [6.45, 7) is 1.54. The van der Waals surface area contributed by atoms with Gasteiger partial charge in [0.2, 0.25) is 0 Å². The van der Waals surface area contributed by atoms with E-state index in [4.69, 9.17) is 14.2 Å². The van der Waals surface area contributed by atoms with Crippen LogP contribution in [-0.4, -0.2) is 38.2 Å². The van der Waals surface area contributed by atoms with Gasteiger partial charge in [0.25, 0.3) is 5.91 Å². The van der Waals surface area contributed by atoms with Gasteiger partial charge in [0.15, 0.2) is 6.61 Å². The largest absolute Gasteiger partial charge is 0.496 e. The van der Waals surface area contributed by atoms with Gasteiger partial charge in [0.1, 0.15) is 11.3 Å². The first-order valence-corrected chi connectivity index (χ1v) is 9.32. The van der Waals surface area contributed by atoms with Crippen LogP contribution in [0, 0.1) is 0 Å². The summed E-state index contributed by atoms with van der Waals surface area (Å²) in [5, 5.41) is 4.39. The van der Waals surface area contributed by atoms with E-state index in [1.807, 2.05) is 24.3 Å². The van der Waals surface area contributed by atoms with E-state index >= 15 is 0 Å². The minimum Gasteiger partial charge on any atom is -0.496 e. The third kappa shape index (κ3) is 4.94. The van der Waals surface area contributed by atoms with E-state index in [9.17, 15) is 14.4 Å². The van der Waals surface area contributed by atoms with Crippen molar-refractivity contribution in [3.05, 3.63) is 71.8 Å². The average Bonchev–Trinajstić information content (AvgIpc) is 2.77. The molecule has 0 bridgehead atoms. The first kappa shape index (κ1) is 20.9. The van der Waals surface area contributed by atoms with Gasteiger partial charge in [0, 0.05) is 5.69 Å². The van der Waals surface area contributed by atoms with Crippen molar-refractivity contribution >= 4 is 34.3 Å². The molecule has 7 heteroatoms. The molecule has 0 unspecified atom stereocenters. The number of methoxy groups -OCH3 is 1. The third-order valence-corrected chi connectivity index (χ3v) is 4.30. The summed E-state index contributed by atoms with van der Waals surface area (Å²) < 4.78 is 15.3. The molecule has 0 atom stereocenters. The highest BCUT2D eigenvalue weighted by molar-refractivity contribution is 6.00. The average molecular weight is 407 g/mol. The molecule has 7 nitrogen and oxygen atoms in total. The number of hydrogen-bond acceptors (Lipinski definition) is 6. The van der Waals surface area contributed by atoms with Crippen LogP contribution >= 0.6 is 0 Å². The van der Waals surface area contributed by atoms with E-state index in [0.717, 1.165) is 10.8 Å². The minimum absolute atomic E-state index is 0.239. The molecule has 30 heavy (non-hydrogen) atoms. The van der Waals surface area contributed by atoms with Crippen molar-refractivity contribution < 1.29 is 28.6 Å². The lowest BCUT2D eigenvalue weighted by molar-refractivity contribution is -0.119. The maximum Gasteiger partial charge on any atom is 0.342 e. The highest BCUT2D eigenvalue weighted by atomic mass is 16.5. The Morgan fingerprint density at radius 2 is 1.53 bits per heavy atom. The van der Waals surface area contributed by atoms with Crippen molar-refractivity contribution in [3.63, 3.8) is 0 Å². The normalized spacial score (nSPS) is 10.3. The Kier molecular flexibility index (Phi) is 6.64. The lowest BCUT2D eigenvalue weighted by atomic mass is 10.1. The third-order valence-electron chi connectivity index (χ3n) is 4.30. The monoisotopic (exact) mass is 407 g/mol. The van der Waals surface area contributed by atoms with Crippen molar-refractivity contribution in [2.24, 2.45) is 0 Å². The second-order valence-corrected chi connectivity index (χ2v) is 6.32. The first-order chi connectivity index (χ1) is 14.5. The second-order valence-electron chi connectivity index (χ2n) is 6.32. The summed E-state index contributed by atoms with van der Waals surface area (Å²) in [6.07, 6.45) is 0. The molecular formula is C23H21NO6. The molecule has 0 aliphatic rings. The van der Waals surface area contributed by atoms with Gasteiger partial charge >= 0.3 is 11.9 Å². The SMILES string of the molecule is CCOC(=O)c1ccc(NC(=O)COC(=O)c2cc3ccccc3cc2OC)cc1. The fourth-order valence-electron chi connectivity index (χ4n) is 2.86. The number of amides is 1. The summed E-state index contributed by atoms with van der Waals surface area (Å²) in [5.41, 5.74) is 1.08. The van der Waals surface area contributed by atoms with Crippen LogP contribution in [0.2, 0.25) is 0 Å². The maximum atomic E-state index is 12.5. The number of carbonyl (C=O) groups excluding carboxylic acids is 3. The molecule has 1 amide bonds. The highest BCUT2D eigenvalue weighted by Gasteiger charge is 2.17. The van der Waals surface area contributed by atoms with Gasteiger partial charge in [-0.15, -0.1) is 0 Å². The minimum atomic E-state index is -0.662. The van der Waals surface area contributed by atoms with Gasteiger partial charge in [-0.25, -0.2) is 9.59 Å². The van der Waals surface area contributed by atoms with Crippen molar-refractivity contribution in [1.82, 2.24) is 0 Å². The number of fused-ring (bicyclic) bond motifs is 1. The molecule has 0 aromatic heterocycles. The van der Waals surface area contributed by atoms with Crippen LogP contribution in [0.5, 0.6) is 5.75 Å². The van der Waals surface area contributed by atoms with Crippen LogP contribution in [0.25, 0.3) is 10.8 Å². The summed E-state index contributed by atoms with van der Waals surface area (Å²) in [5.74, 6) is -1.24. The van der Waals surface area contributed by atoms with E-state index in [1.54, 1.807) is 43.3 Å². The number of ether oxygens (including phenoxy) is 3. The number of rotatable bonds is 7. The van der Waals surface area contributed by atoms with Gasteiger partial charge in [0.05, 0.1) is 19.3 Å². The quantitative estimate of drug-likeness (QED) is 0.599. The van der Waals surface area contributed by atoms with Crippen LogP contribution in [0.3, 0.4) is 0 Å². The zero-order valence-corrected chi connectivity index (χ0v) is 16.6. The zero-order valence-electron chi connectivity index (χ0n) is 16.6. The molecule has 3 aromatic carbocycles. The second kappa shape index (κ2) is 9.56. The van der Waals surface area contributed by atoms with E-state index in [1.165, 1.54) is 7.11 Å². The Morgan fingerprint density at radius 3 is 2.17 bits per heavy atom. The molecule has 1 N–H and O–H groups in total. The Hall–Kier alpha value is -3.87. The van der Waals surface area contributed by atoms with Crippen LogP contribution in [-0.2, 0) is 14.3 Å². The van der Waals surface area contributed by atoms with Gasteiger partial charge in [-0.2, -0.15) is 0 Å². The Morgan fingerprint density at radius 1 is 0.867 bits per heavy atom. The number of carbonyl (C=O) groups is 3. The molecule has 0 fully saturated rings. The fraction of sp³-hybridized carbons (Fsp3) is 0.174. The van der Waals surface area contributed by atoms with Gasteiger partial charge < -0.3 is 19.5 Å². The molecule has 0 saturated carbocycles. The first-order valence-electron chi connectivity index (χ1n) is 9.32. The van der Waals surface area contributed by atoms with Crippen LogP contribution in [0.1, 0.15) is 27.6 Å². The molecular weight excluding hydrogens is 386 g/mol. The lowest BCUT2D eigenvalue weighted by Crippen LogP contribution is -2.21. The van der Waals surface area contributed by atoms with Crippen molar-refractivity contribution in [2.45, 2.75) is 6.92 Å². The predicted molar refractivity (Wildman–Crippen MR) is 112 cm³/mol. The van der Waals surface area contributed by atoms with Gasteiger partial charge in [-0.3, -0.25) is 4.79 Å². The molecule has 0 saturated heterocycles. The van der Waals surface area contributed by atoms with Crippen LogP contribution in [0.4, 0.5) is 5.69 Å². The van der Waals surface area contributed by atoms with Crippen LogP contribution < -0.4 is 10.1 Å². The topological polar surface area (TPSA) is 90.9 Å². The molecule has 0 heterocycles. The summed E-state index contributed by atoms with van der Waals surface area (Å²) in [4.78, 5) is 36.2. The summed E-state index contributed by atoms with van der Waals surface area (Å²) >= 11 is 0. The van der Waals surface area contributed by atoms with E-state index < -0.39 is 24.5 Å². The predicted octanol–water partition coefficient (Wildman–Crippen LogP) is 3.82. The standard InChI is InChI=1S/C23H21NO6/c1-3-29-22(26)15-8-10-18(11-9-15)24-21(25)14-30-23(27)19-12-16-6-4-5-7-17(16)13-20(19)28-2/h4-13H,3,14H2,1-2H3,(H,24,25). The molecule has 0 radical (unpaired) electrons. The molecule has 0 aliphatic carbocycles. The van der Waals surface area contributed by atoms with Gasteiger partial charge in [-0.05, 0) is 54.1 Å². The van der Waals surface area contributed by atoms with E-state index in [-0.39, 0.29) is 12.2 Å². The lowest BCUT2D eigenvalue weighted by Gasteiger charge is -2.11. The number of esters is 2. The molecule has 0 aliphatic heterocycles. The Labute approximate surface area is 173 Å². The molecule has 3 aromatic rings. The smallest absolute Gasteiger partial charge is 0.342 e. The summed E-state index contributed by atoms with van der Waals surface area (Å²) in [6, 6.07) is 17.2. The van der Waals surface area contributed by atoms with Gasteiger partial charge in [-0.1, -0.05) is 24.3 Å². The Balaban J connectivity index is 1.61. The molecule has 0 spiro atoms. The molecule has 3 rings (SSSR count). The van der Waals surface area contributed by atoms with Crippen LogP contribution in [0.15, 0.2) is 60.7 Å². The van der Waals surface area contributed by atoms with E-state index in [2.05, 4.69) is 5.32 Å². The van der Waals surface area contributed by atoms with Crippen molar-refractivity contribution in [3.8, 4) is 5.75 Å². The van der Waals surface area contributed by atoms with E-state index in [0.29, 0.717) is 17.0 Å². The molecule has 154 valence electrons. The number of anilines is 1. The number of hydrogen-bond donors (Lipinski definition) is 1. The maximum absolute atomic E-state index is 12.5. The Bertz CT molecular complexity index is 1070. The fourth-order valence-corrected chi connectivity index (χ4v) is 2.86. The zero-order chi connectivity index (χ0) is 21.5. The van der Waals surface area contributed by atoms with Crippen molar-refractivity contribution in [1.29, 1.82) is 0 Å². The van der Waals surface area contributed by atoms with Crippen molar-refractivity contribution in [2.75, 3.05) is 25.6 Å². The number of benzene rings is 3.